The highest BCUT2D eigenvalue weighted by atomic mass is 16.5. The van der Waals surface area contributed by atoms with E-state index >= 15 is 0 Å². The third-order valence-electron chi connectivity index (χ3n) is 6.12. The monoisotopic (exact) mass is 483 g/mol. The Hall–Kier alpha value is -4.46. The van der Waals surface area contributed by atoms with Gasteiger partial charge < -0.3 is 19.3 Å². The average molecular weight is 484 g/mol. The summed E-state index contributed by atoms with van der Waals surface area (Å²) in [6.45, 7) is 1.71. The van der Waals surface area contributed by atoms with E-state index in [1.165, 1.54) is 12.3 Å². The van der Waals surface area contributed by atoms with Gasteiger partial charge >= 0.3 is 5.97 Å². The summed E-state index contributed by atoms with van der Waals surface area (Å²) in [4.78, 5) is 30.6. The molecule has 2 aromatic carbocycles. The number of amides is 1. The first-order valence-electron chi connectivity index (χ1n) is 11.7. The van der Waals surface area contributed by atoms with Gasteiger partial charge in [-0.2, -0.15) is 0 Å². The molecule has 1 unspecified atom stereocenters. The van der Waals surface area contributed by atoms with Crippen molar-refractivity contribution in [1.29, 1.82) is 0 Å². The third-order valence-corrected chi connectivity index (χ3v) is 6.12. The second-order valence-corrected chi connectivity index (χ2v) is 8.80. The number of aromatic nitrogens is 2. The Bertz CT molecular complexity index is 1440. The van der Waals surface area contributed by atoms with Gasteiger partial charge in [0.25, 0.3) is 5.91 Å². The first-order chi connectivity index (χ1) is 17.5. The van der Waals surface area contributed by atoms with E-state index in [0.29, 0.717) is 28.8 Å². The number of carbonyl (C=O) groups is 2. The van der Waals surface area contributed by atoms with Gasteiger partial charge in [-0.3, -0.25) is 4.79 Å². The number of pyridine rings is 1. The molecule has 0 spiro atoms. The van der Waals surface area contributed by atoms with Crippen molar-refractivity contribution in [1.82, 2.24) is 10.1 Å². The number of benzene rings is 2. The number of para-hydroxylation sites is 1. The van der Waals surface area contributed by atoms with E-state index in [0.717, 1.165) is 34.6 Å². The Morgan fingerprint density at radius 2 is 1.92 bits per heavy atom. The highest BCUT2D eigenvalue weighted by molar-refractivity contribution is 6.07. The van der Waals surface area contributed by atoms with E-state index in [1.807, 2.05) is 48.5 Å². The summed E-state index contributed by atoms with van der Waals surface area (Å²) >= 11 is 0. The lowest BCUT2D eigenvalue weighted by molar-refractivity contribution is -0.119. The van der Waals surface area contributed by atoms with E-state index in [1.54, 1.807) is 7.11 Å². The quantitative estimate of drug-likeness (QED) is 0.378. The highest BCUT2D eigenvalue weighted by Crippen LogP contribution is 2.38. The molecule has 2 aromatic heterocycles. The Morgan fingerprint density at radius 3 is 2.67 bits per heavy atom. The Labute approximate surface area is 207 Å². The molecular weight excluding hydrogens is 458 g/mol. The zero-order valence-electron chi connectivity index (χ0n) is 20.0. The second-order valence-electron chi connectivity index (χ2n) is 8.80. The van der Waals surface area contributed by atoms with Crippen LogP contribution in [0.1, 0.15) is 40.5 Å². The molecule has 0 radical (unpaired) electrons. The van der Waals surface area contributed by atoms with Gasteiger partial charge in [-0.25, -0.2) is 9.78 Å². The highest BCUT2D eigenvalue weighted by Gasteiger charge is 2.29. The maximum atomic E-state index is 13.4. The predicted molar refractivity (Wildman–Crippen MR) is 136 cm³/mol. The number of ether oxygens (including phenoxy) is 2. The zero-order valence-corrected chi connectivity index (χ0v) is 20.0. The summed E-state index contributed by atoms with van der Waals surface area (Å²) in [5.41, 5.74) is 4.87. The number of rotatable bonds is 6. The molecule has 1 amide bonds. The summed E-state index contributed by atoms with van der Waals surface area (Å²) in [5, 5.41) is 6.86. The van der Waals surface area contributed by atoms with E-state index in [2.05, 4.69) is 23.5 Å². The van der Waals surface area contributed by atoms with Gasteiger partial charge in [0.15, 0.2) is 12.4 Å². The van der Waals surface area contributed by atoms with Crippen molar-refractivity contribution in [3.63, 3.8) is 0 Å². The number of hydrogen-bond acceptors (Lipinski definition) is 7. The Kier molecular flexibility index (Phi) is 6.49. The van der Waals surface area contributed by atoms with Crippen molar-refractivity contribution in [2.75, 3.05) is 19.0 Å². The predicted octanol–water partition coefficient (Wildman–Crippen LogP) is 5.15. The molecule has 36 heavy (non-hydrogen) atoms. The van der Waals surface area contributed by atoms with Crippen molar-refractivity contribution < 1.29 is 23.6 Å². The molecular formula is C28H25N3O5. The third kappa shape index (κ3) is 4.84. The fourth-order valence-electron chi connectivity index (χ4n) is 4.53. The second kappa shape index (κ2) is 10.0. The van der Waals surface area contributed by atoms with Crippen LogP contribution in [0.2, 0.25) is 0 Å². The fourth-order valence-corrected chi connectivity index (χ4v) is 4.53. The first-order valence-corrected chi connectivity index (χ1v) is 11.7. The van der Waals surface area contributed by atoms with Crippen LogP contribution in [-0.2, 0) is 16.0 Å². The van der Waals surface area contributed by atoms with Crippen molar-refractivity contribution in [3.05, 3.63) is 83.2 Å². The standard InChI is InChI=1S/C28H25N3O5/c1-17-13-19(15-18-7-9-20(34-2)10-8-18)27-22(14-17)26(21-5-3-4-6-23(21)29-27)28(33)35-16-25(32)30-24-11-12-36-31-24/h3-12,15,17H,13-14,16H2,1-2H3,(H,30,31,32)/b19-15+. The first kappa shape index (κ1) is 23.3. The van der Waals surface area contributed by atoms with Crippen LogP contribution in [0.4, 0.5) is 5.82 Å². The van der Waals surface area contributed by atoms with Crippen LogP contribution in [0, 0.1) is 5.92 Å². The number of methoxy groups -OCH3 is 1. The van der Waals surface area contributed by atoms with Crippen LogP contribution in [0.5, 0.6) is 5.75 Å². The molecule has 0 saturated carbocycles. The molecule has 182 valence electrons. The fraction of sp³-hybridized carbons (Fsp3) is 0.214. The molecule has 2 heterocycles. The molecule has 1 N–H and O–H groups in total. The van der Waals surface area contributed by atoms with E-state index in [4.69, 9.17) is 19.0 Å². The number of hydrogen-bond donors (Lipinski definition) is 1. The normalized spacial score (nSPS) is 15.9. The minimum atomic E-state index is -0.557. The van der Waals surface area contributed by atoms with Gasteiger partial charge in [-0.15, -0.1) is 0 Å². The number of fused-ring (bicyclic) bond motifs is 2. The average Bonchev–Trinajstić information content (AvgIpc) is 3.39. The largest absolute Gasteiger partial charge is 0.497 e. The van der Waals surface area contributed by atoms with Gasteiger partial charge in [0.05, 0.1) is 23.9 Å². The summed E-state index contributed by atoms with van der Waals surface area (Å²) in [6.07, 6.45) is 4.97. The van der Waals surface area contributed by atoms with Crippen LogP contribution >= 0.6 is 0 Å². The number of nitrogens with zero attached hydrogens (tertiary/aromatic N) is 2. The number of allylic oxidation sites excluding steroid dienone is 1. The summed E-state index contributed by atoms with van der Waals surface area (Å²) in [6, 6.07) is 16.8. The van der Waals surface area contributed by atoms with Gasteiger partial charge in [-0.05, 0) is 59.7 Å². The van der Waals surface area contributed by atoms with Crippen molar-refractivity contribution in [2.24, 2.45) is 5.92 Å². The van der Waals surface area contributed by atoms with E-state index in [-0.39, 0.29) is 5.82 Å². The van der Waals surface area contributed by atoms with Crippen LogP contribution in [0.3, 0.4) is 0 Å². The Morgan fingerprint density at radius 1 is 1.11 bits per heavy atom. The molecule has 4 aromatic rings. The Balaban J connectivity index is 1.51. The molecule has 0 saturated heterocycles. The van der Waals surface area contributed by atoms with Crippen molar-refractivity contribution >= 4 is 40.2 Å². The minimum Gasteiger partial charge on any atom is -0.497 e. The van der Waals surface area contributed by atoms with Crippen LogP contribution < -0.4 is 10.1 Å². The topological polar surface area (TPSA) is 104 Å². The number of anilines is 1. The van der Waals surface area contributed by atoms with Crippen LogP contribution in [0.15, 0.2) is 65.4 Å². The summed E-state index contributed by atoms with van der Waals surface area (Å²) in [5.74, 6) is 0.282. The van der Waals surface area contributed by atoms with Crippen molar-refractivity contribution in [3.8, 4) is 5.75 Å². The molecule has 1 aliphatic carbocycles. The van der Waals surface area contributed by atoms with Gasteiger partial charge in [0.2, 0.25) is 0 Å². The van der Waals surface area contributed by atoms with Gasteiger partial charge in [0, 0.05) is 11.5 Å². The number of carbonyl (C=O) groups excluding carboxylic acids is 2. The van der Waals surface area contributed by atoms with E-state index < -0.39 is 18.5 Å². The van der Waals surface area contributed by atoms with Gasteiger partial charge in [-0.1, -0.05) is 42.4 Å². The molecule has 5 rings (SSSR count). The smallest absolute Gasteiger partial charge is 0.339 e. The lowest BCUT2D eigenvalue weighted by atomic mass is 9.80. The molecule has 0 aliphatic heterocycles. The lowest BCUT2D eigenvalue weighted by Crippen LogP contribution is -2.23. The van der Waals surface area contributed by atoms with Crippen molar-refractivity contribution in [2.45, 2.75) is 19.8 Å². The number of esters is 1. The SMILES string of the molecule is COc1ccc(/C=C2\CC(C)Cc3c2nc2ccccc2c3C(=O)OCC(=O)Nc2ccon2)cc1. The minimum absolute atomic E-state index is 0.255. The van der Waals surface area contributed by atoms with Gasteiger partial charge in [0.1, 0.15) is 12.0 Å². The molecule has 0 fully saturated rings. The van der Waals surface area contributed by atoms with E-state index in [9.17, 15) is 9.59 Å². The molecule has 0 bridgehead atoms. The van der Waals surface area contributed by atoms with Crippen LogP contribution in [0.25, 0.3) is 22.6 Å². The van der Waals surface area contributed by atoms with Crippen LogP contribution in [-0.4, -0.2) is 35.7 Å². The maximum absolute atomic E-state index is 13.4. The lowest BCUT2D eigenvalue weighted by Gasteiger charge is -2.26. The number of nitrogens with one attached hydrogen (secondary N) is 1. The molecule has 8 heteroatoms. The molecule has 1 aliphatic rings. The molecule has 1 atom stereocenters. The molecule has 8 nitrogen and oxygen atoms in total. The maximum Gasteiger partial charge on any atom is 0.339 e. The summed E-state index contributed by atoms with van der Waals surface area (Å²) < 4.78 is 15.4. The zero-order chi connectivity index (χ0) is 25.1. The summed E-state index contributed by atoms with van der Waals surface area (Å²) in [7, 11) is 1.64.